The van der Waals surface area contributed by atoms with Gasteiger partial charge in [0.2, 0.25) is 0 Å². The van der Waals surface area contributed by atoms with E-state index in [0.717, 1.165) is 6.20 Å². The molecule has 0 aromatic rings. The van der Waals surface area contributed by atoms with Crippen LogP contribution in [0, 0.1) is 0 Å². The normalized spacial score (nSPS) is 4.29. The first kappa shape index (κ1) is 11.1. The molecule has 0 aliphatic heterocycles. The van der Waals surface area contributed by atoms with Crippen molar-refractivity contribution >= 4 is 17.8 Å². The molecule has 0 amide bonds. The van der Waals surface area contributed by atoms with Gasteiger partial charge in [-0.05, 0) is 0 Å². The monoisotopic (exact) mass is 179 g/mol. The molecule has 0 aliphatic carbocycles. The zero-order valence-electron chi connectivity index (χ0n) is 6.84. The smallest absolute Gasteiger partial charge is 0.186 e. The van der Waals surface area contributed by atoms with E-state index in [4.69, 9.17) is 0 Å². The maximum atomic E-state index is 9.59. The van der Waals surface area contributed by atoms with Gasteiger partial charge < -0.3 is 0 Å². The van der Waals surface area contributed by atoms with Crippen molar-refractivity contribution in [1.29, 1.82) is 0 Å². The fourth-order valence-electron chi connectivity index (χ4n) is 0.301. The van der Waals surface area contributed by atoms with Crippen molar-refractivity contribution in [2.75, 3.05) is 0 Å². The molecule has 0 saturated carbocycles. The van der Waals surface area contributed by atoms with Crippen molar-refractivity contribution in [2.24, 2.45) is 4.99 Å². The van der Waals surface area contributed by atoms with E-state index in [1.165, 1.54) is 11.9 Å². The summed E-state index contributed by atoms with van der Waals surface area (Å²) < 4.78 is 0. The Hall–Kier alpha value is -2.93. The summed E-state index contributed by atoms with van der Waals surface area (Å²) in [6.07, 6.45) is 0.881. The molecule has 0 radical (unpaired) electrons. The molecule has 0 aliphatic rings. The summed E-state index contributed by atoms with van der Waals surface area (Å²) in [4.78, 5) is 22.5. The lowest BCUT2D eigenvalue weighted by molar-refractivity contribution is 0.568. The summed E-state index contributed by atoms with van der Waals surface area (Å²) in [6.45, 7) is 0. The average molecular weight is 179 g/mol. The van der Waals surface area contributed by atoms with Gasteiger partial charge in [-0.1, -0.05) is 0 Å². The van der Waals surface area contributed by atoms with Crippen LogP contribution >= 0.6 is 0 Å². The molecule has 0 spiro atoms. The third-order valence-electron chi connectivity index (χ3n) is 0.664. The Bertz CT molecular complexity index is 580. The predicted octanol–water partition coefficient (Wildman–Crippen LogP) is 0.475. The maximum Gasteiger partial charge on any atom is 0.186 e. The molecule has 3 nitrogen and oxygen atoms in total. The summed E-state index contributed by atoms with van der Waals surface area (Å²) in [6, 6.07) is 0. The average Bonchev–Trinajstić information content (AvgIpc) is 2.21. The van der Waals surface area contributed by atoms with Crippen molar-refractivity contribution in [3.8, 4) is 0 Å². The minimum Gasteiger partial charge on any atom is -0.232 e. The molecule has 0 saturated heterocycles. The number of nitrogens with zero attached hydrogens (tertiary/aromatic N) is 1. The van der Waals surface area contributed by atoms with Crippen LogP contribution in [0.4, 0.5) is 0 Å². The Labute approximate surface area is 79.4 Å². The summed E-state index contributed by atoms with van der Waals surface area (Å²) in [7, 11) is 0. The fraction of sp³-hybridized carbons (Fsp3) is 0. The molecule has 62 valence electrons. The maximum absolute atomic E-state index is 9.59. The lowest BCUT2D eigenvalue weighted by Gasteiger charge is -1.49. The van der Waals surface area contributed by atoms with Crippen molar-refractivity contribution in [2.45, 2.75) is 0 Å². The van der Waals surface area contributed by atoms with Crippen LogP contribution in [-0.2, 0) is 9.59 Å². The van der Waals surface area contributed by atoms with Gasteiger partial charge in [-0.2, -0.15) is 4.99 Å². The van der Waals surface area contributed by atoms with Gasteiger partial charge in [0, 0.05) is 46.0 Å². The second-order valence-corrected chi connectivity index (χ2v) is 1.46. The number of aliphatic imine (C=N–C) groups is 1. The Kier molecular flexibility index (Phi) is 7.96. The minimum absolute atomic E-state index is 0.881. The molecule has 0 atom stereocenters. The van der Waals surface area contributed by atoms with Crippen LogP contribution in [-0.4, -0.2) is 17.8 Å². The SMILES string of the molecule is O=C=C=C=C=C=C=C=C=C=NC=C=O. The van der Waals surface area contributed by atoms with Crippen LogP contribution in [0.3, 0.4) is 0 Å². The van der Waals surface area contributed by atoms with Crippen LogP contribution < -0.4 is 0 Å². The highest BCUT2D eigenvalue weighted by Gasteiger charge is 1.49. The molecule has 0 bridgehead atoms. The second-order valence-electron chi connectivity index (χ2n) is 1.46. The van der Waals surface area contributed by atoms with E-state index in [-0.39, 0.29) is 0 Å². The van der Waals surface area contributed by atoms with Gasteiger partial charge >= 0.3 is 0 Å². The quantitative estimate of drug-likeness (QED) is 0.334. The minimum atomic E-state index is 0.881. The van der Waals surface area contributed by atoms with Gasteiger partial charge in [0.05, 0.1) is 0 Å². The number of hydrogen-bond donors (Lipinski definition) is 0. The fourth-order valence-corrected chi connectivity index (χ4v) is 0.301. The van der Waals surface area contributed by atoms with Gasteiger partial charge in [-0.3, -0.25) is 0 Å². The molecule has 0 fully saturated rings. The van der Waals surface area contributed by atoms with E-state index >= 15 is 0 Å². The molecular formula is C11HNO2. The van der Waals surface area contributed by atoms with Crippen LogP contribution in [0.25, 0.3) is 0 Å². The van der Waals surface area contributed by atoms with E-state index in [2.05, 4.69) is 45.2 Å². The summed E-state index contributed by atoms with van der Waals surface area (Å²) in [5.74, 6) is 4.97. The second kappa shape index (κ2) is 10.1. The Balaban J connectivity index is 5.22. The molecule has 0 aromatic carbocycles. The van der Waals surface area contributed by atoms with Crippen LogP contribution in [0.15, 0.2) is 51.3 Å². The summed E-state index contributed by atoms with van der Waals surface area (Å²) in [5.41, 5.74) is 15.7. The Morgan fingerprint density at radius 3 is 1.93 bits per heavy atom. The van der Waals surface area contributed by atoms with Crippen LogP contribution in [0.1, 0.15) is 0 Å². The molecule has 0 N–H and O–H groups in total. The van der Waals surface area contributed by atoms with E-state index in [0.29, 0.717) is 0 Å². The first-order valence-corrected chi connectivity index (χ1v) is 3.18. The molecule has 0 heterocycles. The third-order valence-corrected chi connectivity index (χ3v) is 0.664. The number of hydrogen-bond acceptors (Lipinski definition) is 3. The van der Waals surface area contributed by atoms with Crippen molar-refractivity contribution < 1.29 is 9.59 Å². The summed E-state index contributed by atoms with van der Waals surface area (Å²) in [5, 5.41) is 0. The number of rotatable bonds is 1. The molecule has 0 unspecified atom stereocenters. The lowest BCUT2D eigenvalue weighted by atomic mass is 10.7. The van der Waals surface area contributed by atoms with E-state index in [9.17, 15) is 9.59 Å². The first-order chi connectivity index (χ1) is 6.91. The predicted molar refractivity (Wildman–Crippen MR) is 48.0 cm³/mol. The lowest BCUT2D eigenvalue weighted by Crippen LogP contribution is -1.46. The Morgan fingerprint density at radius 2 is 1.36 bits per heavy atom. The highest BCUT2D eigenvalue weighted by Crippen LogP contribution is 1.56. The molecule has 3 heteroatoms. The molecule has 14 heavy (non-hydrogen) atoms. The van der Waals surface area contributed by atoms with E-state index < -0.39 is 0 Å². The van der Waals surface area contributed by atoms with Crippen molar-refractivity contribution in [1.82, 2.24) is 0 Å². The third kappa shape index (κ3) is 9.07. The van der Waals surface area contributed by atoms with Crippen LogP contribution in [0.5, 0.6) is 0 Å². The number of carbonyl (C=O) groups excluding carboxylic acids is 2. The zero-order chi connectivity index (χ0) is 10.5. The van der Waals surface area contributed by atoms with Crippen molar-refractivity contribution in [3.05, 3.63) is 46.3 Å². The first-order valence-electron chi connectivity index (χ1n) is 3.18. The van der Waals surface area contributed by atoms with E-state index in [1.807, 2.05) is 5.73 Å². The van der Waals surface area contributed by atoms with Crippen molar-refractivity contribution in [3.63, 3.8) is 0 Å². The topological polar surface area (TPSA) is 46.5 Å². The van der Waals surface area contributed by atoms with Gasteiger partial charge in [0.25, 0.3) is 0 Å². The van der Waals surface area contributed by atoms with Crippen LogP contribution in [0.2, 0.25) is 0 Å². The highest BCUT2D eigenvalue weighted by molar-refractivity contribution is 5.55. The zero-order valence-corrected chi connectivity index (χ0v) is 6.84. The molecule has 0 rings (SSSR count). The van der Waals surface area contributed by atoms with Gasteiger partial charge in [0.1, 0.15) is 12.1 Å². The van der Waals surface area contributed by atoms with Gasteiger partial charge in [-0.25, -0.2) is 9.59 Å². The standard InChI is InChI=1S/C11HNO2/c13-10-7-5-3-1-2-4-6-8-12-9-11-14/h9H. The van der Waals surface area contributed by atoms with Gasteiger partial charge in [0.15, 0.2) is 5.94 Å². The largest absolute Gasteiger partial charge is 0.232 e. The highest BCUT2D eigenvalue weighted by atomic mass is 16.1. The molecule has 0 aromatic heterocycles. The summed E-state index contributed by atoms with van der Waals surface area (Å²) >= 11 is 0. The Morgan fingerprint density at radius 1 is 0.786 bits per heavy atom. The van der Waals surface area contributed by atoms with Gasteiger partial charge in [-0.15, -0.1) is 0 Å². The molecular weight excluding hydrogens is 178 g/mol. The van der Waals surface area contributed by atoms with E-state index in [1.54, 1.807) is 0 Å².